The molecule has 1 aromatic carbocycles. The smallest absolute Gasteiger partial charge is 0.262 e. The predicted molar refractivity (Wildman–Crippen MR) is 93.3 cm³/mol. The lowest BCUT2D eigenvalue weighted by Gasteiger charge is -2.14. The highest BCUT2D eigenvalue weighted by Gasteiger charge is 2.14. The van der Waals surface area contributed by atoms with Gasteiger partial charge in [0.05, 0.1) is 17.7 Å². The lowest BCUT2D eigenvalue weighted by molar-refractivity contribution is -0.117. The van der Waals surface area contributed by atoms with Crippen LogP contribution in [0.25, 0.3) is 6.08 Å². The SMILES string of the molecule is CCOc1cc(C=C(C#N)C(=O)NC(C)C)cc(Br)c1OCC. The second kappa shape index (κ2) is 9.21. The van der Waals surface area contributed by atoms with E-state index < -0.39 is 5.91 Å². The Labute approximate surface area is 145 Å². The quantitative estimate of drug-likeness (QED) is 0.578. The summed E-state index contributed by atoms with van der Waals surface area (Å²) in [6, 6.07) is 5.43. The van der Waals surface area contributed by atoms with Gasteiger partial charge in [0.1, 0.15) is 11.6 Å². The molecule has 0 atom stereocenters. The molecule has 0 unspecified atom stereocenters. The van der Waals surface area contributed by atoms with Crippen LogP contribution in [0.3, 0.4) is 0 Å². The number of carbonyl (C=O) groups excluding carboxylic acids is 1. The monoisotopic (exact) mass is 380 g/mol. The maximum Gasteiger partial charge on any atom is 0.262 e. The molecule has 0 aliphatic heterocycles. The van der Waals surface area contributed by atoms with Gasteiger partial charge in [-0.2, -0.15) is 5.26 Å². The number of halogens is 1. The van der Waals surface area contributed by atoms with Gasteiger partial charge in [-0.25, -0.2) is 0 Å². The summed E-state index contributed by atoms with van der Waals surface area (Å²) in [4.78, 5) is 12.0. The third-order valence-corrected chi connectivity index (χ3v) is 3.31. The molecule has 0 spiro atoms. The van der Waals surface area contributed by atoms with Crippen molar-refractivity contribution < 1.29 is 14.3 Å². The number of amides is 1. The van der Waals surface area contributed by atoms with Gasteiger partial charge in [0.15, 0.2) is 11.5 Å². The summed E-state index contributed by atoms with van der Waals surface area (Å²) in [5.74, 6) is 0.777. The zero-order valence-corrected chi connectivity index (χ0v) is 15.4. The second-order valence-electron chi connectivity index (χ2n) is 4.99. The minimum Gasteiger partial charge on any atom is -0.490 e. The summed E-state index contributed by atoms with van der Waals surface area (Å²) in [6.45, 7) is 8.44. The Morgan fingerprint density at radius 3 is 2.52 bits per heavy atom. The first-order valence-electron chi connectivity index (χ1n) is 7.44. The summed E-state index contributed by atoms with van der Waals surface area (Å²) in [7, 11) is 0. The Balaban J connectivity index is 3.24. The van der Waals surface area contributed by atoms with E-state index in [0.29, 0.717) is 34.7 Å². The van der Waals surface area contributed by atoms with Crippen molar-refractivity contribution in [1.82, 2.24) is 5.32 Å². The maximum atomic E-state index is 12.0. The van der Waals surface area contributed by atoms with E-state index in [1.54, 1.807) is 12.1 Å². The summed E-state index contributed by atoms with van der Waals surface area (Å²) in [5, 5.41) is 11.9. The average Bonchev–Trinajstić information content (AvgIpc) is 2.47. The summed E-state index contributed by atoms with van der Waals surface area (Å²) in [5.41, 5.74) is 0.719. The van der Waals surface area contributed by atoms with Gasteiger partial charge in [0.25, 0.3) is 5.91 Å². The summed E-state index contributed by atoms with van der Waals surface area (Å²) >= 11 is 3.44. The molecule has 0 aromatic heterocycles. The van der Waals surface area contributed by atoms with Gasteiger partial charge >= 0.3 is 0 Å². The van der Waals surface area contributed by atoms with Crippen LogP contribution in [0.1, 0.15) is 33.3 Å². The molecule has 1 amide bonds. The number of benzene rings is 1. The second-order valence-corrected chi connectivity index (χ2v) is 5.85. The van der Waals surface area contributed by atoms with Crippen LogP contribution in [0.15, 0.2) is 22.2 Å². The van der Waals surface area contributed by atoms with Crippen molar-refractivity contribution in [2.75, 3.05) is 13.2 Å². The van der Waals surface area contributed by atoms with Crippen LogP contribution in [0.4, 0.5) is 0 Å². The molecule has 23 heavy (non-hydrogen) atoms. The molecule has 0 aliphatic carbocycles. The van der Waals surface area contributed by atoms with Crippen molar-refractivity contribution in [3.05, 3.63) is 27.7 Å². The van der Waals surface area contributed by atoms with Crippen LogP contribution >= 0.6 is 15.9 Å². The van der Waals surface area contributed by atoms with Gasteiger partial charge in [0.2, 0.25) is 0 Å². The fourth-order valence-electron chi connectivity index (χ4n) is 1.87. The van der Waals surface area contributed by atoms with Gasteiger partial charge < -0.3 is 14.8 Å². The molecular formula is C17H21BrN2O3. The number of hydrogen-bond donors (Lipinski definition) is 1. The topological polar surface area (TPSA) is 71.3 Å². The number of nitrogens with one attached hydrogen (secondary N) is 1. The van der Waals surface area contributed by atoms with Crippen molar-refractivity contribution in [3.8, 4) is 17.6 Å². The third-order valence-electron chi connectivity index (χ3n) is 2.72. The molecule has 6 heteroatoms. The lowest BCUT2D eigenvalue weighted by atomic mass is 10.1. The fraction of sp³-hybridized carbons (Fsp3) is 0.412. The molecule has 124 valence electrons. The number of rotatable bonds is 7. The van der Waals surface area contributed by atoms with E-state index in [9.17, 15) is 10.1 Å². The summed E-state index contributed by atoms with van der Waals surface area (Å²) < 4.78 is 11.9. The van der Waals surface area contributed by atoms with Crippen LogP contribution in [-0.4, -0.2) is 25.2 Å². The lowest BCUT2D eigenvalue weighted by Crippen LogP contribution is -2.30. The number of carbonyl (C=O) groups is 1. The Morgan fingerprint density at radius 2 is 2.00 bits per heavy atom. The number of ether oxygens (including phenoxy) is 2. The van der Waals surface area contributed by atoms with E-state index in [0.717, 1.165) is 0 Å². The van der Waals surface area contributed by atoms with Gasteiger partial charge in [-0.05, 0) is 67.4 Å². The Kier molecular flexibility index (Phi) is 7.63. The molecule has 1 aromatic rings. The Morgan fingerprint density at radius 1 is 1.35 bits per heavy atom. The minimum atomic E-state index is -0.398. The van der Waals surface area contributed by atoms with Crippen molar-refractivity contribution >= 4 is 27.9 Å². The zero-order chi connectivity index (χ0) is 17.4. The first-order valence-corrected chi connectivity index (χ1v) is 8.23. The number of nitriles is 1. The zero-order valence-electron chi connectivity index (χ0n) is 13.8. The molecule has 0 heterocycles. The van der Waals surface area contributed by atoms with Gasteiger partial charge in [0, 0.05) is 6.04 Å². The average molecular weight is 381 g/mol. The summed E-state index contributed by atoms with van der Waals surface area (Å²) in [6.07, 6.45) is 1.53. The molecule has 1 N–H and O–H groups in total. The first-order chi connectivity index (χ1) is 10.9. The van der Waals surface area contributed by atoms with Crippen LogP contribution in [0.2, 0.25) is 0 Å². The molecule has 0 bridgehead atoms. The van der Waals surface area contributed by atoms with Crippen molar-refractivity contribution in [1.29, 1.82) is 5.26 Å². The molecule has 0 fully saturated rings. The van der Waals surface area contributed by atoms with E-state index in [-0.39, 0.29) is 11.6 Å². The first kappa shape index (κ1) is 19.0. The van der Waals surface area contributed by atoms with Crippen molar-refractivity contribution in [3.63, 3.8) is 0 Å². The highest BCUT2D eigenvalue weighted by atomic mass is 79.9. The predicted octanol–water partition coefficient (Wildman–Crippen LogP) is 3.68. The largest absolute Gasteiger partial charge is 0.490 e. The molecule has 5 nitrogen and oxygen atoms in total. The molecule has 0 aliphatic rings. The van der Waals surface area contributed by atoms with E-state index in [1.165, 1.54) is 6.08 Å². The third kappa shape index (κ3) is 5.61. The normalized spacial score (nSPS) is 11.1. The standard InChI is InChI=1S/C17H21BrN2O3/c1-5-22-15-9-12(8-14(18)16(15)23-6-2)7-13(10-19)17(21)20-11(3)4/h7-9,11H,5-6H2,1-4H3,(H,20,21). The van der Waals surface area contributed by atoms with E-state index in [4.69, 9.17) is 9.47 Å². The Bertz CT molecular complexity index is 633. The van der Waals surface area contributed by atoms with E-state index in [1.807, 2.05) is 33.8 Å². The minimum absolute atomic E-state index is 0.0368. The molecule has 0 saturated heterocycles. The van der Waals surface area contributed by atoms with Gasteiger partial charge in [-0.1, -0.05) is 0 Å². The Hall–Kier alpha value is -2.00. The number of hydrogen-bond acceptors (Lipinski definition) is 4. The van der Waals surface area contributed by atoms with Crippen molar-refractivity contribution in [2.24, 2.45) is 0 Å². The number of nitrogens with zero attached hydrogens (tertiary/aromatic N) is 1. The van der Waals surface area contributed by atoms with Crippen LogP contribution in [0.5, 0.6) is 11.5 Å². The van der Waals surface area contributed by atoms with Gasteiger partial charge in [-0.3, -0.25) is 4.79 Å². The molecule has 1 rings (SSSR count). The van der Waals surface area contributed by atoms with Crippen LogP contribution in [0, 0.1) is 11.3 Å². The highest BCUT2D eigenvalue weighted by molar-refractivity contribution is 9.10. The van der Waals surface area contributed by atoms with E-state index in [2.05, 4.69) is 21.2 Å². The molecule has 0 saturated carbocycles. The van der Waals surface area contributed by atoms with Crippen LogP contribution < -0.4 is 14.8 Å². The fourth-order valence-corrected chi connectivity index (χ4v) is 2.45. The maximum absolute atomic E-state index is 12.0. The van der Waals surface area contributed by atoms with Crippen molar-refractivity contribution in [2.45, 2.75) is 33.7 Å². The van der Waals surface area contributed by atoms with Crippen LogP contribution in [-0.2, 0) is 4.79 Å². The molecular weight excluding hydrogens is 360 g/mol. The molecule has 0 radical (unpaired) electrons. The highest BCUT2D eigenvalue weighted by Crippen LogP contribution is 2.37. The van der Waals surface area contributed by atoms with E-state index >= 15 is 0 Å². The van der Waals surface area contributed by atoms with Gasteiger partial charge in [-0.15, -0.1) is 0 Å².